The molecule has 104 valence electrons. The number of nitro groups is 1. The van der Waals surface area contributed by atoms with E-state index in [-0.39, 0.29) is 17.4 Å². The second-order valence-electron chi connectivity index (χ2n) is 3.90. The first-order valence-corrected chi connectivity index (χ1v) is 6.00. The van der Waals surface area contributed by atoms with Gasteiger partial charge in [0.05, 0.1) is 4.92 Å². The quantitative estimate of drug-likeness (QED) is 0.477. The van der Waals surface area contributed by atoms with Gasteiger partial charge in [0.1, 0.15) is 17.3 Å². The van der Waals surface area contributed by atoms with Crippen molar-refractivity contribution in [2.24, 2.45) is 0 Å². The third-order valence-electron chi connectivity index (χ3n) is 2.44. The lowest BCUT2D eigenvalue weighted by Gasteiger charge is -2.07. The molecule has 2 rings (SSSR count). The van der Waals surface area contributed by atoms with Crippen molar-refractivity contribution in [3.05, 3.63) is 63.7 Å². The van der Waals surface area contributed by atoms with Crippen LogP contribution in [-0.4, -0.2) is 4.92 Å². The molecule has 20 heavy (non-hydrogen) atoms. The summed E-state index contributed by atoms with van der Waals surface area (Å²) in [4.78, 5) is 9.64. The van der Waals surface area contributed by atoms with E-state index in [1.165, 1.54) is 18.2 Å². The largest absolute Gasteiger partial charge is 0.457 e. The first-order chi connectivity index (χ1) is 9.49. The van der Waals surface area contributed by atoms with E-state index in [1.54, 1.807) is 0 Å². The maximum Gasteiger partial charge on any atom is 0.305 e. The highest BCUT2D eigenvalue weighted by Gasteiger charge is 2.14. The molecular weight excluding hydrogens is 292 g/mol. The summed E-state index contributed by atoms with van der Waals surface area (Å²) < 4.78 is 31.9. The maximum absolute atomic E-state index is 13.4. The number of ether oxygens (including phenoxy) is 1. The molecule has 0 bridgehead atoms. The summed E-state index contributed by atoms with van der Waals surface area (Å²) in [6.07, 6.45) is 0. The van der Waals surface area contributed by atoms with Crippen LogP contribution in [0.15, 0.2) is 36.4 Å². The van der Waals surface area contributed by atoms with Crippen LogP contribution in [0.1, 0.15) is 5.56 Å². The number of nitrogens with zero attached hydrogens (tertiary/aromatic N) is 1. The molecule has 0 radical (unpaired) electrons. The molecule has 0 aliphatic heterocycles. The average Bonchev–Trinajstić information content (AvgIpc) is 2.37. The molecule has 0 aromatic heterocycles. The number of nitro benzene ring substituents is 1. The van der Waals surface area contributed by atoms with Gasteiger partial charge < -0.3 is 4.74 Å². The van der Waals surface area contributed by atoms with E-state index in [2.05, 4.69) is 0 Å². The third-order valence-corrected chi connectivity index (χ3v) is 2.75. The van der Waals surface area contributed by atoms with E-state index in [1.807, 2.05) is 0 Å². The van der Waals surface area contributed by atoms with Gasteiger partial charge in [0.15, 0.2) is 0 Å². The highest BCUT2D eigenvalue weighted by atomic mass is 35.5. The Labute approximate surface area is 117 Å². The summed E-state index contributed by atoms with van der Waals surface area (Å²) in [6, 6.07) is 6.92. The van der Waals surface area contributed by atoms with Gasteiger partial charge in [0.25, 0.3) is 0 Å². The molecule has 4 nitrogen and oxygen atoms in total. The zero-order chi connectivity index (χ0) is 14.7. The zero-order valence-electron chi connectivity index (χ0n) is 9.98. The van der Waals surface area contributed by atoms with Crippen molar-refractivity contribution in [3.8, 4) is 11.5 Å². The molecule has 0 heterocycles. The van der Waals surface area contributed by atoms with E-state index >= 15 is 0 Å². The number of halogens is 3. The van der Waals surface area contributed by atoms with Crippen LogP contribution in [0, 0.1) is 21.7 Å². The van der Waals surface area contributed by atoms with Crippen LogP contribution in [0.25, 0.3) is 0 Å². The van der Waals surface area contributed by atoms with Gasteiger partial charge in [-0.2, -0.15) is 4.39 Å². The second kappa shape index (κ2) is 5.83. The lowest BCUT2D eigenvalue weighted by atomic mass is 10.2. The van der Waals surface area contributed by atoms with Crippen molar-refractivity contribution in [2.45, 2.75) is 5.88 Å². The van der Waals surface area contributed by atoms with Crippen LogP contribution in [0.4, 0.5) is 14.5 Å². The first-order valence-electron chi connectivity index (χ1n) is 5.47. The molecule has 2 aromatic rings. The van der Waals surface area contributed by atoms with Crippen molar-refractivity contribution in [2.75, 3.05) is 0 Å². The predicted molar refractivity (Wildman–Crippen MR) is 69.1 cm³/mol. The molecule has 0 atom stereocenters. The molecule has 0 unspecified atom stereocenters. The Balaban J connectivity index is 2.28. The van der Waals surface area contributed by atoms with Crippen molar-refractivity contribution in [3.63, 3.8) is 0 Å². The Morgan fingerprint density at radius 1 is 1.15 bits per heavy atom. The van der Waals surface area contributed by atoms with Crippen molar-refractivity contribution >= 4 is 17.3 Å². The van der Waals surface area contributed by atoms with Crippen LogP contribution < -0.4 is 4.74 Å². The first kappa shape index (κ1) is 14.2. The summed E-state index contributed by atoms with van der Waals surface area (Å²) in [5.41, 5.74) is -0.151. The monoisotopic (exact) mass is 299 g/mol. The van der Waals surface area contributed by atoms with E-state index in [0.29, 0.717) is 5.56 Å². The Morgan fingerprint density at radius 3 is 2.50 bits per heavy atom. The van der Waals surface area contributed by atoms with Crippen molar-refractivity contribution in [1.29, 1.82) is 0 Å². The highest BCUT2D eigenvalue weighted by Crippen LogP contribution is 2.28. The van der Waals surface area contributed by atoms with Crippen molar-refractivity contribution < 1.29 is 18.4 Å². The van der Waals surface area contributed by atoms with Gasteiger partial charge >= 0.3 is 5.69 Å². The minimum Gasteiger partial charge on any atom is -0.457 e. The predicted octanol–water partition coefficient (Wildman–Crippen LogP) is 4.40. The molecule has 0 aliphatic carbocycles. The molecule has 0 saturated heterocycles. The minimum absolute atomic E-state index is 0.0271. The fourth-order valence-corrected chi connectivity index (χ4v) is 1.75. The Bertz CT molecular complexity index is 664. The van der Waals surface area contributed by atoms with Gasteiger partial charge in [-0.15, -0.1) is 11.6 Å². The molecule has 0 aliphatic rings. The number of alkyl halides is 1. The molecule has 0 spiro atoms. The molecular formula is C13H8ClF2NO3. The van der Waals surface area contributed by atoms with Gasteiger partial charge in [-0.25, -0.2) is 4.39 Å². The number of hydrogen-bond donors (Lipinski definition) is 0. The highest BCUT2D eigenvalue weighted by molar-refractivity contribution is 6.17. The molecule has 0 amide bonds. The fourth-order valence-electron chi connectivity index (χ4n) is 1.59. The Morgan fingerprint density at radius 2 is 1.90 bits per heavy atom. The third kappa shape index (κ3) is 3.21. The summed E-state index contributed by atoms with van der Waals surface area (Å²) in [5.74, 6) is -1.31. The minimum atomic E-state index is -1.03. The lowest BCUT2D eigenvalue weighted by molar-refractivity contribution is -0.387. The molecule has 2 aromatic carbocycles. The standard InChI is InChI=1S/C13H8ClF2NO3/c14-7-8-3-9(15)5-11(4-8)20-10-1-2-13(17(18)19)12(16)6-10/h1-6H,7H2. The fraction of sp³-hybridized carbons (Fsp3) is 0.0769. The van der Waals surface area contributed by atoms with Crippen LogP contribution in [0.3, 0.4) is 0 Å². The van der Waals surface area contributed by atoms with Crippen LogP contribution in [0.5, 0.6) is 11.5 Å². The molecule has 0 saturated carbocycles. The maximum atomic E-state index is 13.4. The Kier molecular flexibility index (Phi) is 4.14. The molecule has 7 heteroatoms. The number of hydrogen-bond acceptors (Lipinski definition) is 3. The normalized spacial score (nSPS) is 10.3. The van der Waals surface area contributed by atoms with Gasteiger partial charge in [0.2, 0.25) is 5.82 Å². The van der Waals surface area contributed by atoms with E-state index in [0.717, 1.165) is 18.2 Å². The summed E-state index contributed by atoms with van der Waals surface area (Å²) >= 11 is 5.60. The van der Waals surface area contributed by atoms with Gasteiger partial charge in [0, 0.05) is 24.1 Å². The number of rotatable bonds is 4. The lowest BCUT2D eigenvalue weighted by Crippen LogP contribution is -1.94. The van der Waals surface area contributed by atoms with E-state index < -0.39 is 22.2 Å². The average molecular weight is 300 g/mol. The molecule has 0 fully saturated rings. The molecule has 0 N–H and O–H groups in total. The summed E-state index contributed by atoms with van der Waals surface area (Å²) in [7, 11) is 0. The zero-order valence-corrected chi connectivity index (χ0v) is 10.7. The number of benzene rings is 2. The van der Waals surface area contributed by atoms with E-state index in [4.69, 9.17) is 16.3 Å². The van der Waals surface area contributed by atoms with Gasteiger partial charge in [-0.3, -0.25) is 10.1 Å². The summed E-state index contributed by atoms with van der Waals surface area (Å²) in [6.45, 7) is 0. The summed E-state index contributed by atoms with van der Waals surface area (Å²) in [5, 5.41) is 10.5. The van der Waals surface area contributed by atoms with Crippen LogP contribution in [0.2, 0.25) is 0 Å². The topological polar surface area (TPSA) is 52.4 Å². The SMILES string of the molecule is O=[N+]([O-])c1ccc(Oc2cc(F)cc(CCl)c2)cc1F. The van der Waals surface area contributed by atoms with Crippen molar-refractivity contribution in [1.82, 2.24) is 0 Å². The Hall–Kier alpha value is -2.21. The smallest absolute Gasteiger partial charge is 0.305 e. The van der Waals surface area contributed by atoms with Gasteiger partial charge in [-0.05, 0) is 23.8 Å². The van der Waals surface area contributed by atoms with Crippen LogP contribution >= 0.6 is 11.6 Å². The van der Waals surface area contributed by atoms with Gasteiger partial charge in [-0.1, -0.05) is 0 Å². The van der Waals surface area contributed by atoms with E-state index in [9.17, 15) is 18.9 Å². The second-order valence-corrected chi connectivity index (χ2v) is 4.17. The van der Waals surface area contributed by atoms with Crippen LogP contribution in [-0.2, 0) is 5.88 Å².